The van der Waals surface area contributed by atoms with E-state index in [0.29, 0.717) is 11.5 Å². The number of thiophene rings is 1. The number of aryl methyl sites for hydroxylation is 1. The fraction of sp³-hybridized carbons (Fsp3) is 0.625. The van der Waals surface area contributed by atoms with Gasteiger partial charge in [0.2, 0.25) is 0 Å². The topological polar surface area (TPSA) is 46.0 Å². The number of nitrogens with one attached hydrogen (secondary N) is 1. The smallest absolute Gasteiger partial charge is 0.0738 e. The molecule has 1 aliphatic heterocycles. The quantitative estimate of drug-likeness (QED) is 0.916. The number of hydrogen-bond acceptors (Lipinski definition) is 5. The largest absolute Gasteiger partial charge is 0.317 e. The second-order valence-electron chi connectivity index (χ2n) is 6.72. The summed E-state index contributed by atoms with van der Waals surface area (Å²) in [6.45, 7) is 4.33. The summed E-state index contributed by atoms with van der Waals surface area (Å²) in [4.78, 5) is 2.64. The van der Waals surface area contributed by atoms with Crippen LogP contribution in [-0.4, -0.2) is 39.0 Å². The lowest BCUT2D eigenvalue weighted by Crippen LogP contribution is -2.36. The Morgan fingerprint density at radius 1 is 1.41 bits per heavy atom. The second-order valence-corrected chi connectivity index (χ2v) is 7.50. The van der Waals surface area contributed by atoms with Crippen molar-refractivity contribution in [1.29, 1.82) is 0 Å². The maximum absolute atomic E-state index is 4.08. The molecule has 0 aromatic carbocycles. The van der Waals surface area contributed by atoms with E-state index in [1.54, 1.807) is 11.3 Å². The van der Waals surface area contributed by atoms with Crippen LogP contribution in [0.25, 0.3) is 0 Å². The summed E-state index contributed by atoms with van der Waals surface area (Å²) >= 11 is 1.79. The summed E-state index contributed by atoms with van der Waals surface area (Å²) in [5.41, 5.74) is 3.19. The molecule has 6 heteroatoms. The van der Waals surface area contributed by atoms with Crippen molar-refractivity contribution < 1.29 is 0 Å². The third-order valence-corrected chi connectivity index (χ3v) is 6.06. The van der Waals surface area contributed by atoms with E-state index in [4.69, 9.17) is 0 Å². The van der Waals surface area contributed by atoms with Gasteiger partial charge in [0.1, 0.15) is 0 Å². The number of piperidine rings is 1. The maximum Gasteiger partial charge on any atom is 0.0738 e. The maximum atomic E-state index is 4.08. The Bertz CT molecular complexity index is 614. The highest BCUT2D eigenvalue weighted by Crippen LogP contribution is 2.56. The summed E-state index contributed by atoms with van der Waals surface area (Å²) in [6, 6.07) is 2.96. The third kappa shape index (κ3) is 2.71. The monoisotopic (exact) mass is 317 g/mol. The summed E-state index contributed by atoms with van der Waals surface area (Å²) in [5.74, 6) is 0. The molecule has 1 aliphatic carbocycles. The normalized spacial score (nSPS) is 23.3. The van der Waals surface area contributed by atoms with E-state index in [-0.39, 0.29) is 0 Å². The van der Waals surface area contributed by atoms with Gasteiger partial charge in [-0.05, 0) is 60.2 Å². The summed E-state index contributed by atoms with van der Waals surface area (Å²) < 4.78 is 1.90. The molecular weight excluding hydrogens is 294 g/mol. The Labute approximate surface area is 135 Å². The number of hydrogen-bond donors (Lipinski definition) is 1. The van der Waals surface area contributed by atoms with E-state index in [2.05, 4.69) is 37.4 Å². The van der Waals surface area contributed by atoms with Gasteiger partial charge in [0.05, 0.1) is 11.9 Å². The van der Waals surface area contributed by atoms with Gasteiger partial charge < -0.3 is 5.32 Å². The molecule has 2 aromatic rings. The molecule has 2 fully saturated rings. The van der Waals surface area contributed by atoms with Crippen LogP contribution in [0.1, 0.15) is 30.5 Å². The Hall–Kier alpha value is -1.24. The van der Waals surface area contributed by atoms with Gasteiger partial charge in [0.25, 0.3) is 0 Å². The van der Waals surface area contributed by atoms with Gasteiger partial charge >= 0.3 is 0 Å². The highest BCUT2D eigenvalue weighted by molar-refractivity contribution is 7.07. The molecular formula is C16H23N5S. The van der Waals surface area contributed by atoms with E-state index in [9.17, 15) is 0 Å². The molecule has 2 aliphatic rings. The highest BCUT2D eigenvalue weighted by Gasteiger charge is 2.56. The van der Waals surface area contributed by atoms with Gasteiger partial charge in [-0.3, -0.25) is 9.58 Å². The molecule has 22 heavy (non-hydrogen) atoms. The number of rotatable bonds is 5. The Balaban J connectivity index is 1.52. The fourth-order valence-electron chi connectivity index (χ4n) is 3.86. The zero-order valence-corrected chi connectivity index (χ0v) is 13.9. The Morgan fingerprint density at radius 2 is 2.27 bits per heavy atom. The van der Waals surface area contributed by atoms with Crippen LogP contribution in [0.2, 0.25) is 0 Å². The molecule has 1 saturated heterocycles. The molecule has 3 heterocycles. The Kier molecular flexibility index (Phi) is 3.76. The lowest BCUT2D eigenvalue weighted by molar-refractivity contribution is 0.184. The van der Waals surface area contributed by atoms with Crippen molar-refractivity contribution >= 4 is 11.3 Å². The van der Waals surface area contributed by atoms with Crippen LogP contribution in [0.3, 0.4) is 0 Å². The first-order valence-corrected chi connectivity index (χ1v) is 9.01. The molecule has 1 atom stereocenters. The summed E-state index contributed by atoms with van der Waals surface area (Å²) in [6.07, 6.45) is 5.89. The zero-order chi connectivity index (χ0) is 15.0. The minimum Gasteiger partial charge on any atom is -0.317 e. The van der Waals surface area contributed by atoms with Crippen molar-refractivity contribution in [3.8, 4) is 0 Å². The number of aromatic nitrogens is 3. The first kappa shape index (κ1) is 14.4. The molecule has 2 aromatic heterocycles. The minimum absolute atomic E-state index is 0.563. The average molecular weight is 317 g/mol. The van der Waals surface area contributed by atoms with Crippen molar-refractivity contribution in [3.05, 3.63) is 34.3 Å². The number of nitrogens with zero attached hydrogens (tertiary/aromatic N) is 4. The molecule has 118 valence electrons. The second kappa shape index (κ2) is 5.76. The van der Waals surface area contributed by atoms with Gasteiger partial charge in [-0.1, -0.05) is 5.21 Å². The lowest BCUT2D eigenvalue weighted by atomic mass is 9.93. The van der Waals surface area contributed by atoms with E-state index in [1.165, 1.54) is 43.6 Å². The molecule has 5 nitrogen and oxygen atoms in total. The lowest BCUT2D eigenvalue weighted by Gasteiger charge is -2.29. The van der Waals surface area contributed by atoms with Crippen molar-refractivity contribution in [2.24, 2.45) is 12.5 Å². The van der Waals surface area contributed by atoms with E-state index < -0.39 is 0 Å². The van der Waals surface area contributed by atoms with Crippen molar-refractivity contribution in [1.82, 2.24) is 25.2 Å². The van der Waals surface area contributed by atoms with Gasteiger partial charge in [-0.25, -0.2) is 0 Å². The third-order valence-electron chi connectivity index (χ3n) is 5.33. The average Bonchev–Trinajstić information content (AvgIpc) is 2.90. The van der Waals surface area contributed by atoms with Crippen LogP contribution < -0.4 is 5.32 Å². The van der Waals surface area contributed by atoms with Crippen molar-refractivity contribution in [2.45, 2.75) is 38.4 Å². The van der Waals surface area contributed by atoms with Gasteiger partial charge in [0, 0.05) is 26.2 Å². The fourth-order valence-corrected chi connectivity index (χ4v) is 4.52. The predicted octanol–water partition coefficient (Wildman–Crippen LogP) is 2.02. The van der Waals surface area contributed by atoms with Crippen LogP contribution in [0, 0.1) is 5.41 Å². The first-order chi connectivity index (χ1) is 10.8. The van der Waals surface area contributed by atoms with Crippen molar-refractivity contribution in [3.63, 3.8) is 0 Å². The summed E-state index contributed by atoms with van der Waals surface area (Å²) in [7, 11) is 1.98. The van der Waals surface area contributed by atoms with Crippen LogP contribution in [0.5, 0.6) is 0 Å². The first-order valence-electron chi connectivity index (χ1n) is 8.06. The SMILES string of the molecule is Cn1nncc1CN(Cc1ccsc1)[C@@H]1CC12CCNCC2. The predicted molar refractivity (Wildman–Crippen MR) is 87.5 cm³/mol. The minimum atomic E-state index is 0.563. The van der Waals surface area contributed by atoms with Crippen molar-refractivity contribution in [2.75, 3.05) is 13.1 Å². The molecule has 0 unspecified atom stereocenters. The van der Waals surface area contributed by atoms with Gasteiger partial charge in [0.15, 0.2) is 0 Å². The van der Waals surface area contributed by atoms with Crippen LogP contribution in [0.4, 0.5) is 0 Å². The molecule has 0 amide bonds. The highest BCUT2D eigenvalue weighted by atomic mass is 32.1. The summed E-state index contributed by atoms with van der Waals surface area (Å²) in [5, 5.41) is 16.1. The molecule has 1 N–H and O–H groups in total. The molecule has 4 rings (SSSR count). The molecule has 1 saturated carbocycles. The standard InChI is InChI=1S/C16H23N5S/c1-20-14(9-18-19-20)11-21(10-13-2-7-22-12-13)15-8-16(15)3-5-17-6-4-16/h2,7,9,12,15,17H,3-6,8,10-11H2,1H3/t15-/m1/s1. The van der Waals surface area contributed by atoms with Crippen LogP contribution >= 0.6 is 11.3 Å². The zero-order valence-electron chi connectivity index (χ0n) is 13.0. The van der Waals surface area contributed by atoms with E-state index >= 15 is 0 Å². The molecule has 0 radical (unpaired) electrons. The van der Waals surface area contributed by atoms with E-state index in [1.807, 2.05) is 17.9 Å². The van der Waals surface area contributed by atoms with Crippen LogP contribution in [0.15, 0.2) is 23.0 Å². The van der Waals surface area contributed by atoms with E-state index in [0.717, 1.165) is 13.1 Å². The van der Waals surface area contributed by atoms with Crippen LogP contribution in [-0.2, 0) is 20.1 Å². The van der Waals surface area contributed by atoms with Gasteiger partial charge in [-0.2, -0.15) is 11.3 Å². The molecule has 1 spiro atoms. The van der Waals surface area contributed by atoms with Gasteiger partial charge in [-0.15, -0.1) is 5.10 Å². The Morgan fingerprint density at radius 3 is 2.95 bits per heavy atom. The molecule has 0 bridgehead atoms.